The number of likely N-dealkylation sites (N-methyl/N-ethyl adjacent to an activating group) is 1. The van der Waals surface area contributed by atoms with E-state index in [0.717, 1.165) is 6.54 Å². The van der Waals surface area contributed by atoms with Crippen molar-refractivity contribution in [3.8, 4) is 0 Å². The summed E-state index contributed by atoms with van der Waals surface area (Å²) in [6, 6.07) is 2.13. The Hall–Kier alpha value is -0.870. The van der Waals surface area contributed by atoms with Crippen LogP contribution in [0.25, 0.3) is 0 Å². The van der Waals surface area contributed by atoms with E-state index in [1.165, 1.54) is 10.4 Å². The van der Waals surface area contributed by atoms with Gasteiger partial charge in [-0.15, -0.1) is 11.3 Å². The van der Waals surface area contributed by atoms with Crippen LogP contribution >= 0.6 is 11.3 Å². The third kappa shape index (κ3) is 3.57. The normalized spacial score (nSPS) is 10.0. The number of amides is 1. The molecule has 1 heterocycles. The minimum absolute atomic E-state index is 0.0216. The number of hydrogen-bond acceptors (Lipinski definition) is 3. The minimum Gasteiger partial charge on any atom is -0.358 e. The van der Waals surface area contributed by atoms with E-state index in [1.807, 2.05) is 0 Å². The second-order valence-electron chi connectivity index (χ2n) is 2.87. The molecule has 0 fully saturated rings. The molecule has 0 bridgehead atoms. The summed E-state index contributed by atoms with van der Waals surface area (Å²) in [4.78, 5) is 12.1. The van der Waals surface area contributed by atoms with Crippen LogP contribution in [-0.4, -0.2) is 19.5 Å². The van der Waals surface area contributed by atoms with Crippen molar-refractivity contribution in [1.82, 2.24) is 10.6 Å². The molecule has 2 N–H and O–H groups in total. The first-order valence-electron chi connectivity index (χ1n) is 4.17. The second kappa shape index (κ2) is 4.99. The Morgan fingerprint density at radius 1 is 1.62 bits per heavy atom. The summed E-state index contributed by atoms with van der Waals surface area (Å²) in [6.07, 6.45) is 0. The van der Waals surface area contributed by atoms with Crippen LogP contribution in [0.3, 0.4) is 0 Å². The number of aryl methyl sites for hydroxylation is 1. The molecule has 13 heavy (non-hydrogen) atoms. The molecule has 0 aromatic carbocycles. The molecule has 3 nitrogen and oxygen atoms in total. The monoisotopic (exact) mass is 198 g/mol. The van der Waals surface area contributed by atoms with Gasteiger partial charge >= 0.3 is 0 Å². The predicted octanol–water partition coefficient (Wildman–Crippen LogP) is 0.892. The standard InChI is InChI=1S/C9H14N2OS/c1-7-3-8(13-6-7)4-11-5-9(12)10-2/h3,6,11H,4-5H2,1-2H3,(H,10,12). The lowest BCUT2D eigenvalue weighted by molar-refractivity contribution is -0.119. The van der Waals surface area contributed by atoms with Gasteiger partial charge in [-0.1, -0.05) is 0 Å². The Morgan fingerprint density at radius 2 is 2.38 bits per heavy atom. The molecule has 0 aliphatic carbocycles. The molecule has 1 aromatic rings. The Kier molecular flexibility index (Phi) is 3.92. The lowest BCUT2D eigenvalue weighted by Crippen LogP contribution is -2.30. The molecular formula is C9H14N2OS. The average Bonchev–Trinajstić information content (AvgIpc) is 2.51. The fourth-order valence-corrected chi connectivity index (χ4v) is 1.82. The SMILES string of the molecule is CNC(=O)CNCc1cc(C)cs1. The zero-order chi connectivity index (χ0) is 9.68. The van der Waals surface area contributed by atoms with Gasteiger partial charge in [0.2, 0.25) is 5.91 Å². The maximum absolute atomic E-state index is 10.8. The van der Waals surface area contributed by atoms with Gasteiger partial charge in [-0.3, -0.25) is 4.79 Å². The lowest BCUT2D eigenvalue weighted by Gasteiger charge is -2.00. The molecule has 0 unspecified atom stereocenters. The van der Waals surface area contributed by atoms with Crippen LogP contribution in [0, 0.1) is 6.92 Å². The molecule has 72 valence electrons. The maximum atomic E-state index is 10.8. The summed E-state index contributed by atoms with van der Waals surface area (Å²) >= 11 is 1.71. The van der Waals surface area contributed by atoms with Gasteiger partial charge in [0.15, 0.2) is 0 Å². The van der Waals surface area contributed by atoms with Crippen molar-refractivity contribution in [3.05, 3.63) is 21.9 Å². The average molecular weight is 198 g/mol. The van der Waals surface area contributed by atoms with Crippen molar-refractivity contribution in [1.29, 1.82) is 0 Å². The first kappa shape index (κ1) is 10.2. The van der Waals surface area contributed by atoms with Crippen molar-refractivity contribution in [3.63, 3.8) is 0 Å². The van der Waals surface area contributed by atoms with Crippen LogP contribution < -0.4 is 10.6 Å². The van der Waals surface area contributed by atoms with Crippen molar-refractivity contribution in [2.24, 2.45) is 0 Å². The van der Waals surface area contributed by atoms with Crippen LogP contribution in [0.5, 0.6) is 0 Å². The minimum atomic E-state index is 0.0216. The lowest BCUT2D eigenvalue weighted by atomic mass is 10.3. The first-order chi connectivity index (χ1) is 6.22. The molecular weight excluding hydrogens is 184 g/mol. The number of hydrogen-bond donors (Lipinski definition) is 2. The third-order valence-electron chi connectivity index (χ3n) is 1.65. The zero-order valence-electron chi connectivity index (χ0n) is 7.89. The van der Waals surface area contributed by atoms with Gasteiger partial charge < -0.3 is 10.6 Å². The molecule has 0 saturated carbocycles. The molecule has 0 aliphatic rings. The van der Waals surface area contributed by atoms with E-state index in [4.69, 9.17) is 0 Å². The van der Waals surface area contributed by atoms with E-state index in [0.29, 0.717) is 6.54 Å². The molecule has 1 aromatic heterocycles. The van der Waals surface area contributed by atoms with Crippen LogP contribution in [0.2, 0.25) is 0 Å². The molecule has 0 radical (unpaired) electrons. The van der Waals surface area contributed by atoms with Gasteiger partial charge in [0.05, 0.1) is 6.54 Å². The summed E-state index contributed by atoms with van der Waals surface area (Å²) in [6.45, 7) is 3.22. The number of thiophene rings is 1. The van der Waals surface area contributed by atoms with Gasteiger partial charge in [0, 0.05) is 18.5 Å². The molecule has 1 amide bonds. The van der Waals surface area contributed by atoms with E-state index in [-0.39, 0.29) is 5.91 Å². The highest BCUT2D eigenvalue weighted by atomic mass is 32.1. The Bertz CT molecular complexity index is 283. The van der Waals surface area contributed by atoms with Crippen LogP contribution in [0.1, 0.15) is 10.4 Å². The maximum Gasteiger partial charge on any atom is 0.233 e. The van der Waals surface area contributed by atoms with E-state index >= 15 is 0 Å². The molecule has 0 saturated heterocycles. The van der Waals surface area contributed by atoms with Crippen molar-refractivity contribution in [2.75, 3.05) is 13.6 Å². The van der Waals surface area contributed by atoms with E-state index in [1.54, 1.807) is 18.4 Å². The summed E-state index contributed by atoms with van der Waals surface area (Å²) in [7, 11) is 1.64. The van der Waals surface area contributed by atoms with Crippen LogP contribution in [0.15, 0.2) is 11.4 Å². The second-order valence-corrected chi connectivity index (χ2v) is 3.86. The Morgan fingerprint density at radius 3 is 2.92 bits per heavy atom. The van der Waals surface area contributed by atoms with Gasteiger partial charge in [0.1, 0.15) is 0 Å². The van der Waals surface area contributed by atoms with Crippen molar-refractivity contribution in [2.45, 2.75) is 13.5 Å². The van der Waals surface area contributed by atoms with Gasteiger partial charge in [-0.25, -0.2) is 0 Å². The first-order valence-corrected chi connectivity index (χ1v) is 5.05. The number of rotatable bonds is 4. The van der Waals surface area contributed by atoms with Crippen molar-refractivity contribution < 1.29 is 4.79 Å². The summed E-state index contributed by atoms with van der Waals surface area (Å²) < 4.78 is 0. The summed E-state index contributed by atoms with van der Waals surface area (Å²) in [5.41, 5.74) is 1.28. The topological polar surface area (TPSA) is 41.1 Å². The van der Waals surface area contributed by atoms with Crippen LogP contribution in [-0.2, 0) is 11.3 Å². The highest BCUT2D eigenvalue weighted by molar-refractivity contribution is 7.10. The van der Waals surface area contributed by atoms with Crippen molar-refractivity contribution >= 4 is 17.2 Å². The smallest absolute Gasteiger partial charge is 0.233 e. The zero-order valence-corrected chi connectivity index (χ0v) is 8.70. The largest absolute Gasteiger partial charge is 0.358 e. The molecule has 4 heteroatoms. The van der Waals surface area contributed by atoms with E-state index in [2.05, 4.69) is 29.0 Å². The predicted molar refractivity (Wildman–Crippen MR) is 54.8 cm³/mol. The Labute approximate surface area is 82.2 Å². The number of carbonyl (C=O) groups is 1. The summed E-state index contributed by atoms with van der Waals surface area (Å²) in [5, 5.41) is 7.73. The molecule has 0 atom stereocenters. The fourth-order valence-electron chi connectivity index (χ4n) is 0.971. The Balaban J connectivity index is 2.24. The summed E-state index contributed by atoms with van der Waals surface area (Å²) in [5.74, 6) is 0.0216. The van der Waals surface area contributed by atoms with E-state index in [9.17, 15) is 4.79 Å². The highest BCUT2D eigenvalue weighted by Gasteiger charge is 1.98. The van der Waals surface area contributed by atoms with Gasteiger partial charge in [-0.2, -0.15) is 0 Å². The molecule has 0 aliphatic heterocycles. The van der Waals surface area contributed by atoms with Gasteiger partial charge in [0.25, 0.3) is 0 Å². The molecule has 1 rings (SSSR count). The third-order valence-corrected chi connectivity index (χ3v) is 2.70. The van der Waals surface area contributed by atoms with Gasteiger partial charge in [-0.05, 0) is 23.9 Å². The quantitative estimate of drug-likeness (QED) is 0.754. The highest BCUT2D eigenvalue weighted by Crippen LogP contribution is 2.12. The fraction of sp³-hybridized carbons (Fsp3) is 0.444. The van der Waals surface area contributed by atoms with E-state index < -0.39 is 0 Å². The van der Waals surface area contributed by atoms with Crippen LogP contribution in [0.4, 0.5) is 0 Å². The number of carbonyl (C=O) groups excluding carboxylic acids is 1. The molecule has 0 spiro atoms. The number of nitrogens with one attached hydrogen (secondary N) is 2.